The minimum Gasteiger partial charge on any atom is -0.294 e. The molecule has 0 aliphatic heterocycles. The van der Waals surface area contributed by atoms with Gasteiger partial charge in [-0.1, -0.05) is 33.6 Å². The van der Waals surface area contributed by atoms with Gasteiger partial charge in [-0.2, -0.15) is 0 Å². The highest BCUT2D eigenvalue weighted by Crippen LogP contribution is 2.22. The monoisotopic (exact) mass is 344 g/mol. The predicted molar refractivity (Wildman–Crippen MR) is 73.5 cm³/mol. The minimum atomic E-state index is -0.618. The summed E-state index contributed by atoms with van der Waals surface area (Å²) in [6.45, 7) is 0. The molecule has 5 heteroatoms. The van der Waals surface area contributed by atoms with Gasteiger partial charge in [-0.3, -0.25) is 4.79 Å². The standard InChI is InChI=1S/C14H8BrClF2O/c15-12-7-10(17)3-1-8(12)5-14(19)11-6-9(16)2-4-13(11)18/h1-4,6-7H,5H2. The quantitative estimate of drug-likeness (QED) is 0.730. The number of hydrogen-bond donors (Lipinski definition) is 0. The molecule has 0 saturated carbocycles. The van der Waals surface area contributed by atoms with Crippen LogP contribution in [0.15, 0.2) is 40.9 Å². The molecule has 98 valence electrons. The fraction of sp³-hybridized carbons (Fsp3) is 0.0714. The zero-order valence-electron chi connectivity index (χ0n) is 9.59. The first kappa shape index (κ1) is 14.2. The Bertz CT molecular complexity index is 643. The summed E-state index contributed by atoms with van der Waals surface area (Å²) >= 11 is 8.91. The van der Waals surface area contributed by atoms with Gasteiger partial charge in [0.15, 0.2) is 5.78 Å². The van der Waals surface area contributed by atoms with Crippen LogP contribution in [0, 0.1) is 11.6 Å². The molecule has 1 nitrogen and oxygen atoms in total. The molecule has 0 radical (unpaired) electrons. The van der Waals surface area contributed by atoms with E-state index < -0.39 is 17.4 Å². The molecule has 2 aromatic carbocycles. The second kappa shape index (κ2) is 5.80. The fourth-order valence-electron chi connectivity index (χ4n) is 1.64. The van der Waals surface area contributed by atoms with Crippen molar-refractivity contribution in [3.63, 3.8) is 0 Å². The molecule has 0 atom stereocenters. The van der Waals surface area contributed by atoms with Crippen LogP contribution in [0.5, 0.6) is 0 Å². The number of Topliss-reactive ketones (excluding diaryl/α,β-unsaturated/α-hetero) is 1. The number of rotatable bonds is 3. The molecule has 0 aliphatic rings. The lowest BCUT2D eigenvalue weighted by Crippen LogP contribution is -2.06. The van der Waals surface area contributed by atoms with Crippen molar-refractivity contribution in [2.24, 2.45) is 0 Å². The highest BCUT2D eigenvalue weighted by Gasteiger charge is 2.14. The van der Waals surface area contributed by atoms with Crippen molar-refractivity contribution in [1.29, 1.82) is 0 Å². The number of benzene rings is 2. The van der Waals surface area contributed by atoms with Crippen LogP contribution < -0.4 is 0 Å². The summed E-state index contributed by atoms with van der Waals surface area (Å²) in [6, 6.07) is 7.81. The second-order valence-electron chi connectivity index (χ2n) is 3.96. The summed E-state index contributed by atoms with van der Waals surface area (Å²) in [4.78, 5) is 12.0. The topological polar surface area (TPSA) is 17.1 Å². The van der Waals surface area contributed by atoms with Gasteiger partial charge < -0.3 is 0 Å². The molecule has 0 amide bonds. The van der Waals surface area contributed by atoms with E-state index in [9.17, 15) is 13.6 Å². The average Bonchev–Trinajstić information content (AvgIpc) is 2.35. The maximum Gasteiger partial charge on any atom is 0.170 e. The SMILES string of the molecule is O=C(Cc1ccc(F)cc1Br)c1cc(Cl)ccc1F. The maximum absolute atomic E-state index is 13.5. The molecule has 0 fully saturated rings. The molecule has 2 rings (SSSR count). The Kier molecular flexibility index (Phi) is 4.32. The predicted octanol–water partition coefficient (Wildman–Crippen LogP) is 4.81. The number of halogens is 4. The normalized spacial score (nSPS) is 10.5. The summed E-state index contributed by atoms with van der Waals surface area (Å²) in [5, 5.41) is 0.294. The van der Waals surface area contributed by atoms with Crippen molar-refractivity contribution in [1.82, 2.24) is 0 Å². The van der Waals surface area contributed by atoms with Gasteiger partial charge in [0, 0.05) is 15.9 Å². The molecule has 0 aliphatic carbocycles. The summed E-state index contributed by atoms with van der Waals surface area (Å²) in [6.07, 6.45) is -0.0296. The lowest BCUT2D eigenvalue weighted by molar-refractivity contribution is 0.0989. The van der Waals surface area contributed by atoms with Gasteiger partial charge in [-0.25, -0.2) is 8.78 Å². The molecule has 0 N–H and O–H groups in total. The largest absolute Gasteiger partial charge is 0.294 e. The van der Waals surface area contributed by atoms with E-state index in [2.05, 4.69) is 15.9 Å². The van der Waals surface area contributed by atoms with Crippen LogP contribution in [0.4, 0.5) is 8.78 Å². The summed E-state index contributed by atoms with van der Waals surface area (Å²) < 4.78 is 26.9. The molecule has 2 aromatic rings. The number of carbonyl (C=O) groups excluding carboxylic acids is 1. The van der Waals surface area contributed by atoms with E-state index in [1.165, 1.54) is 30.3 Å². The van der Waals surface area contributed by atoms with Gasteiger partial charge in [-0.15, -0.1) is 0 Å². The van der Waals surface area contributed by atoms with Crippen molar-refractivity contribution >= 4 is 33.3 Å². The van der Waals surface area contributed by atoms with Crippen LogP contribution in [0.3, 0.4) is 0 Å². The number of ketones is 1. The zero-order chi connectivity index (χ0) is 14.0. The Morgan fingerprint density at radius 2 is 1.89 bits per heavy atom. The van der Waals surface area contributed by atoms with Gasteiger partial charge in [-0.05, 0) is 35.9 Å². The summed E-state index contributed by atoms with van der Waals surface area (Å²) in [5.41, 5.74) is 0.523. The minimum absolute atomic E-state index is 0.0296. The van der Waals surface area contributed by atoms with Crippen molar-refractivity contribution in [3.8, 4) is 0 Å². The Labute approximate surface area is 122 Å². The highest BCUT2D eigenvalue weighted by molar-refractivity contribution is 9.10. The third-order valence-electron chi connectivity index (χ3n) is 2.59. The lowest BCUT2D eigenvalue weighted by Gasteiger charge is -2.06. The van der Waals surface area contributed by atoms with E-state index in [1.54, 1.807) is 0 Å². The molecule has 0 saturated heterocycles. The highest BCUT2D eigenvalue weighted by atomic mass is 79.9. The van der Waals surface area contributed by atoms with Gasteiger partial charge in [0.2, 0.25) is 0 Å². The maximum atomic E-state index is 13.5. The van der Waals surface area contributed by atoms with E-state index in [0.717, 1.165) is 6.07 Å². The van der Waals surface area contributed by atoms with Crippen molar-refractivity contribution in [2.45, 2.75) is 6.42 Å². The number of hydrogen-bond acceptors (Lipinski definition) is 1. The van der Waals surface area contributed by atoms with Crippen LogP contribution in [0.25, 0.3) is 0 Å². The second-order valence-corrected chi connectivity index (χ2v) is 5.25. The first-order valence-electron chi connectivity index (χ1n) is 5.39. The van der Waals surface area contributed by atoms with Crippen LogP contribution in [0.2, 0.25) is 5.02 Å². The Balaban J connectivity index is 2.28. The van der Waals surface area contributed by atoms with E-state index >= 15 is 0 Å². The lowest BCUT2D eigenvalue weighted by atomic mass is 10.0. The third-order valence-corrected chi connectivity index (χ3v) is 3.57. The summed E-state index contributed by atoms with van der Waals surface area (Å²) in [5.74, 6) is -1.43. The third kappa shape index (κ3) is 3.39. The fourth-order valence-corrected chi connectivity index (χ4v) is 2.31. The van der Waals surface area contributed by atoms with E-state index in [1.807, 2.05) is 0 Å². The van der Waals surface area contributed by atoms with Crippen LogP contribution in [0.1, 0.15) is 15.9 Å². The van der Waals surface area contributed by atoms with Crippen molar-refractivity contribution in [3.05, 3.63) is 68.7 Å². The van der Waals surface area contributed by atoms with Crippen molar-refractivity contribution in [2.75, 3.05) is 0 Å². The van der Waals surface area contributed by atoms with Gasteiger partial charge in [0.1, 0.15) is 11.6 Å². The number of carbonyl (C=O) groups is 1. The van der Waals surface area contributed by atoms with Crippen molar-refractivity contribution < 1.29 is 13.6 Å². The zero-order valence-corrected chi connectivity index (χ0v) is 11.9. The molecule has 0 unspecified atom stereocenters. The first-order valence-corrected chi connectivity index (χ1v) is 6.56. The Morgan fingerprint density at radius 3 is 2.58 bits per heavy atom. The molecular formula is C14H8BrClF2O. The molecule has 19 heavy (non-hydrogen) atoms. The van der Waals surface area contributed by atoms with E-state index in [0.29, 0.717) is 15.1 Å². The Morgan fingerprint density at radius 1 is 1.16 bits per heavy atom. The van der Waals surface area contributed by atoms with E-state index in [4.69, 9.17) is 11.6 Å². The molecule has 0 bridgehead atoms. The van der Waals surface area contributed by atoms with E-state index in [-0.39, 0.29) is 12.0 Å². The van der Waals surface area contributed by atoms with Crippen LogP contribution in [-0.4, -0.2) is 5.78 Å². The molecule has 0 aromatic heterocycles. The van der Waals surface area contributed by atoms with Crippen LogP contribution >= 0.6 is 27.5 Å². The Hall–Kier alpha value is -1.26. The summed E-state index contributed by atoms with van der Waals surface area (Å²) in [7, 11) is 0. The van der Waals surface area contributed by atoms with Gasteiger partial charge in [0.25, 0.3) is 0 Å². The van der Waals surface area contributed by atoms with Gasteiger partial charge >= 0.3 is 0 Å². The molecule has 0 heterocycles. The smallest absolute Gasteiger partial charge is 0.170 e. The molecule has 0 spiro atoms. The average molecular weight is 346 g/mol. The van der Waals surface area contributed by atoms with Crippen LogP contribution in [-0.2, 0) is 6.42 Å². The van der Waals surface area contributed by atoms with Gasteiger partial charge in [0.05, 0.1) is 5.56 Å². The first-order chi connectivity index (χ1) is 8.97. The molecular weight excluding hydrogens is 338 g/mol.